The minimum atomic E-state index is -0.536. The molecule has 1 heterocycles. The lowest BCUT2D eigenvalue weighted by Crippen LogP contribution is -2.44. The summed E-state index contributed by atoms with van der Waals surface area (Å²) >= 11 is 0. The third-order valence-corrected chi connectivity index (χ3v) is 4.63. The summed E-state index contributed by atoms with van der Waals surface area (Å²) in [5, 5.41) is 11.9. The van der Waals surface area contributed by atoms with Gasteiger partial charge in [0.25, 0.3) is 0 Å². The number of benzene rings is 2. The summed E-state index contributed by atoms with van der Waals surface area (Å²) in [6.07, 6.45) is 0.826. The third-order valence-electron chi connectivity index (χ3n) is 4.63. The van der Waals surface area contributed by atoms with E-state index >= 15 is 0 Å². The fourth-order valence-electron chi connectivity index (χ4n) is 3.29. The van der Waals surface area contributed by atoms with E-state index in [2.05, 4.69) is 35.5 Å². The first-order valence-electron chi connectivity index (χ1n) is 9.61. The molecule has 0 radical (unpaired) electrons. The van der Waals surface area contributed by atoms with Crippen molar-refractivity contribution < 1.29 is 14.3 Å². The van der Waals surface area contributed by atoms with Gasteiger partial charge in [-0.05, 0) is 63.9 Å². The number of carbonyl (C=O) groups is 2. The van der Waals surface area contributed by atoms with E-state index < -0.39 is 5.97 Å². The van der Waals surface area contributed by atoms with Gasteiger partial charge in [-0.2, -0.15) is 5.11 Å². The van der Waals surface area contributed by atoms with Crippen LogP contribution in [0, 0.1) is 0 Å². The molecule has 0 saturated carbocycles. The Hall–Kier alpha value is -3.28. The second kappa shape index (κ2) is 8.39. The van der Waals surface area contributed by atoms with E-state index in [0.29, 0.717) is 16.9 Å². The molecule has 0 fully saturated rings. The molecular formula is C23H25N3O3. The minimum Gasteiger partial charge on any atom is -0.461 e. The number of rotatable bonds is 5. The maximum Gasteiger partial charge on any atom is 0.361 e. The van der Waals surface area contributed by atoms with Gasteiger partial charge in [-0.25, -0.2) is 4.79 Å². The largest absolute Gasteiger partial charge is 0.461 e. The van der Waals surface area contributed by atoms with Crippen molar-refractivity contribution in [1.29, 1.82) is 0 Å². The van der Waals surface area contributed by atoms with Crippen molar-refractivity contribution in [3.05, 3.63) is 70.9 Å². The molecule has 0 aliphatic carbocycles. The highest BCUT2D eigenvalue weighted by Crippen LogP contribution is 2.32. The Morgan fingerprint density at radius 3 is 2.45 bits per heavy atom. The van der Waals surface area contributed by atoms with Gasteiger partial charge >= 0.3 is 5.97 Å². The Balaban J connectivity index is 2.07. The van der Waals surface area contributed by atoms with E-state index in [0.717, 1.165) is 17.5 Å². The average Bonchev–Trinajstić information content (AvgIpc) is 2.67. The van der Waals surface area contributed by atoms with Crippen molar-refractivity contribution in [2.45, 2.75) is 39.7 Å². The Morgan fingerprint density at radius 1 is 1.10 bits per heavy atom. The first kappa shape index (κ1) is 20.5. The first-order chi connectivity index (χ1) is 13.8. The van der Waals surface area contributed by atoms with Gasteiger partial charge in [-0.1, -0.05) is 24.3 Å². The molecule has 6 heteroatoms. The van der Waals surface area contributed by atoms with Crippen LogP contribution >= 0.6 is 0 Å². The van der Waals surface area contributed by atoms with Crippen molar-refractivity contribution in [2.75, 3.05) is 6.61 Å². The Labute approximate surface area is 170 Å². The fraction of sp³-hybridized carbons (Fsp3) is 0.304. The topological polar surface area (TPSA) is 80.1 Å². The maximum atomic E-state index is 12.7. The predicted molar refractivity (Wildman–Crippen MR) is 112 cm³/mol. The second-order valence-corrected chi connectivity index (χ2v) is 7.59. The summed E-state index contributed by atoms with van der Waals surface area (Å²) in [5.74, 6) is -0.556. The number of hydrogen-bond donors (Lipinski definition) is 1. The molecule has 1 aliphatic heterocycles. The van der Waals surface area contributed by atoms with Crippen LogP contribution in [0.1, 0.15) is 49.2 Å². The number of hydrogen-bond acceptors (Lipinski definition) is 6. The smallest absolute Gasteiger partial charge is 0.361 e. The molecule has 150 valence electrons. The van der Waals surface area contributed by atoms with Gasteiger partial charge < -0.3 is 10.1 Å². The number of carbonyl (C=O) groups excluding carboxylic acids is 2. The molecule has 0 bridgehead atoms. The molecule has 0 spiro atoms. The molecule has 1 aliphatic rings. The van der Waals surface area contributed by atoms with E-state index in [9.17, 15) is 9.59 Å². The number of ketones is 1. The predicted octanol–water partition coefficient (Wildman–Crippen LogP) is 4.83. The molecule has 1 N–H and O–H groups in total. The summed E-state index contributed by atoms with van der Waals surface area (Å²) < 4.78 is 5.24. The summed E-state index contributed by atoms with van der Waals surface area (Å²) in [5.41, 5.74) is 3.68. The van der Waals surface area contributed by atoms with Gasteiger partial charge in [-0.3, -0.25) is 4.79 Å². The number of esters is 1. The number of nitrogens with one attached hydrogen (secondary N) is 1. The molecule has 2 aromatic rings. The molecule has 0 aromatic heterocycles. The van der Waals surface area contributed by atoms with Gasteiger partial charge in [0.15, 0.2) is 11.5 Å². The van der Waals surface area contributed by atoms with Gasteiger partial charge in [0, 0.05) is 16.7 Å². The number of azo groups is 1. The number of fused-ring (bicyclic) bond motifs is 1. The number of nitrogens with zero attached hydrogens (tertiary/aromatic N) is 2. The molecule has 6 nitrogen and oxygen atoms in total. The Morgan fingerprint density at radius 2 is 1.79 bits per heavy atom. The lowest BCUT2D eigenvalue weighted by atomic mass is 9.85. The monoisotopic (exact) mass is 391 g/mol. The van der Waals surface area contributed by atoms with Crippen LogP contribution in [0.5, 0.6) is 0 Å². The zero-order valence-corrected chi connectivity index (χ0v) is 17.2. The van der Waals surface area contributed by atoms with E-state index in [1.54, 1.807) is 31.2 Å². The van der Waals surface area contributed by atoms with Crippen LogP contribution in [-0.2, 0) is 16.0 Å². The van der Waals surface area contributed by atoms with Gasteiger partial charge in [0.1, 0.15) is 0 Å². The zero-order valence-electron chi connectivity index (χ0n) is 17.2. The van der Waals surface area contributed by atoms with Crippen molar-refractivity contribution in [1.82, 2.24) is 5.32 Å². The molecule has 0 amide bonds. The summed E-state index contributed by atoms with van der Waals surface area (Å²) in [7, 11) is 0. The number of ether oxygens (including phenoxy) is 1. The maximum absolute atomic E-state index is 12.7. The molecule has 2 aromatic carbocycles. The van der Waals surface area contributed by atoms with Crippen LogP contribution in [0.4, 0.5) is 5.69 Å². The van der Waals surface area contributed by atoms with Gasteiger partial charge in [0.05, 0.1) is 18.0 Å². The van der Waals surface area contributed by atoms with Gasteiger partial charge in [-0.15, -0.1) is 5.11 Å². The van der Waals surface area contributed by atoms with E-state index in [-0.39, 0.29) is 23.6 Å². The van der Waals surface area contributed by atoms with Crippen LogP contribution in [0.25, 0.3) is 5.70 Å². The molecule has 0 unspecified atom stereocenters. The first-order valence-corrected chi connectivity index (χ1v) is 9.61. The van der Waals surface area contributed by atoms with Crippen molar-refractivity contribution >= 4 is 23.1 Å². The molecule has 0 atom stereocenters. The minimum absolute atomic E-state index is 0.0203. The van der Waals surface area contributed by atoms with Crippen molar-refractivity contribution in [2.24, 2.45) is 10.2 Å². The highest BCUT2D eigenvalue weighted by Gasteiger charge is 2.31. The fourth-order valence-corrected chi connectivity index (χ4v) is 3.29. The van der Waals surface area contributed by atoms with Crippen LogP contribution < -0.4 is 5.32 Å². The zero-order chi connectivity index (χ0) is 21.0. The SMILES string of the molecule is CCOC(=O)C(N=Nc1ccc(C(C)=O)cc1)=C1NC(C)(C)Cc2ccccc21. The Bertz CT molecular complexity index is 989. The lowest BCUT2D eigenvalue weighted by molar-refractivity contribution is -0.138. The summed E-state index contributed by atoms with van der Waals surface area (Å²) in [4.78, 5) is 24.1. The van der Waals surface area contributed by atoms with E-state index in [1.807, 2.05) is 18.2 Å². The Kier molecular flexibility index (Phi) is 5.92. The van der Waals surface area contributed by atoms with E-state index in [1.165, 1.54) is 6.92 Å². The highest BCUT2D eigenvalue weighted by atomic mass is 16.5. The highest BCUT2D eigenvalue weighted by molar-refractivity contribution is 5.97. The molecule has 3 rings (SSSR count). The molecule has 0 saturated heterocycles. The van der Waals surface area contributed by atoms with Crippen LogP contribution in [-0.4, -0.2) is 23.9 Å². The van der Waals surface area contributed by atoms with E-state index in [4.69, 9.17) is 4.74 Å². The third kappa shape index (κ3) is 4.77. The standard InChI is InChI=1S/C23H25N3O3/c1-5-29-22(28)21(26-25-18-12-10-16(11-13-18)15(2)27)20-19-9-7-6-8-17(19)14-23(3,4)24-20/h6-13,24H,5,14H2,1-4H3. The van der Waals surface area contributed by atoms with Crippen LogP contribution in [0.15, 0.2) is 64.5 Å². The van der Waals surface area contributed by atoms with Crippen LogP contribution in [0.3, 0.4) is 0 Å². The van der Waals surface area contributed by atoms with Crippen LogP contribution in [0.2, 0.25) is 0 Å². The quantitative estimate of drug-likeness (QED) is 0.343. The number of Topliss-reactive ketones (excluding diaryl/α,β-unsaturated/α-hetero) is 1. The molecule has 29 heavy (non-hydrogen) atoms. The molecular weight excluding hydrogens is 366 g/mol. The lowest BCUT2D eigenvalue weighted by Gasteiger charge is -2.35. The van der Waals surface area contributed by atoms with Gasteiger partial charge in [0.2, 0.25) is 0 Å². The summed E-state index contributed by atoms with van der Waals surface area (Å²) in [6.45, 7) is 7.65. The normalized spacial score (nSPS) is 16.7. The van der Waals surface area contributed by atoms with Crippen molar-refractivity contribution in [3.8, 4) is 0 Å². The average molecular weight is 391 g/mol. The second-order valence-electron chi connectivity index (χ2n) is 7.59. The van der Waals surface area contributed by atoms with Crippen molar-refractivity contribution in [3.63, 3.8) is 0 Å². The summed E-state index contributed by atoms with van der Waals surface area (Å²) in [6, 6.07) is 14.7.